The highest BCUT2D eigenvalue weighted by molar-refractivity contribution is 5.45. The lowest BCUT2D eigenvalue weighted by Crippen LogP contribution is -2.16. The van der Waals surface area contributed by atoms with Crippen molar-refractivity contribution in [1.82, 2.24) is 20.6 Å². The van der Waals surface area contributed by atoms with Crippen LogP contribution in [0.2, 0.25) is 0 Å². The number of hydrogen-bond acceptors (Lipinski definition) is 7. The third-order valence-corrected chi connectivity index (χ3v) is 2.66. The molecule has 0 bridgehead atoms. The van der Waals surface area contributed by atoms with E-state index in [-0.39, 0.29) is 0 Å². The lowest BCUT2D eigenvalue weighted by molar-refractivity contribution is 0.156. The summed E-state index contributed by atoms with van der Waals surface area (Å²) >= 11 is 0. The first-order chi connectivity index (χ1) is 8.85. The second-order valence-corrected chi connectivity index (χ2v) is 4.28. The molecule has 7 nitrogen and oxygen atoms in total. The van der Waals surface area contributed by atoms with Crippen LogP contribution in [-0.2, 0) is 17.9 Å². The largest absolute Gasteiger partial charge is 0.377 e. The molecule has 0 saturated heterocycles. The SMILES string of the molecule is COCc1cc(-c2nc(CNC3CC3)no2)no1. The first kappa shape index (κ1) is 11.4. The molecule has 2 heterocycles. The Labute approximate surface area is 103 Å². The molecular formula is C11H14N4O3. The van der Waals surface area contributed by atoms with Crippen molar-refractivity contribution in [3.8, 4) is 11.6 Å². The Morgan fingerprint density at radius 2 is 2.28 bits per heavy atom. The third-order valence-electron chi connectivity index (χ3n) is 2.66. The minimum atomic E-state index is 0.369. The molecule has 1 N–H and O–H groups in total. The zero-order valence-corrected chi connectivity index (χ0v) is 10.0. The van der Waals surface area contributed by atoms with E-state index in [1.54, 1.807) is 13.2 Å². The van der Waals surface area contributed by atoms with Crippen LogP contribution in [0.5, 0.6) is 0 Å². The summed E-state index contributed by atoms with van der Waals surface area (Å²) in [6.07, 6.45) is 2.46. The van der Waals surface area contributed by atoms with Crippen molar-refractivity contribution in [3.05, 3.63) is 17.7 Å². The molecule has 7 heteroatoms. The van der Waals surface area contributed by atoms with Crippen molar-refractivity contribution >= 4 is 0 Å². The minimum absolute atomic E-state index is 0.369. The van der Waals surface area contributed by atoms with Crippen molar-refractivity contribution < 1.29 is 13.8 Å². The highest BCUT2D eigenvalue weighted by Gasteiger charge is 2.21. The van der Waals surface area contributed by atoms with Gasteiger partial charge in [-0.1, -0.05) is 10.3 Å². The molecule has 0 unspecified atom stereocenters. The van der Waals surface area contributed by atoms with E-state index in [0.717, 1.165) is 0 Å². The Bertz CT molecular complexity index is 518. The lowest BCUT2D eigenvalue weighted by atomic mass is 10.4. The minimum Gasteiger partial charge on any atom is -0.377 e. The van der Waals surface area contributed by atoms with Gasteiger partial charge in [0.25, 0.3) is 5.89 Å². The Hall–Kier alpha value is -1.73. The van der Waals surface area contributed by atoms with Crippen LogP contribution >= 0.6 is 0 Å². The second-order valence-electron chi connectivity index (χ2n) is 4.28. The maximum absolute atomic E-state index is 5.13. The molecule has 2 aromatic rings. The summed E-state index contributed by atoms with van der Waals surface area (Å²) in [6.45, 7) is 0.994. The topological polar surface area (TPSA) is 86.2 Å². The smallest absolute Gasteiger partial charge is 0.280 e. The van der Waals surface area contributed by atoms with Crippen molar-refractivity contribution in [2.75, 3.05) is 7.11 Å². The van der Waals surface area contributed by atoms with E-state index in [0.29, 0.717) is 42.4 Å². The zero-order valence-electron chi connectivity index (χ0n) is 10.0. The van der Waals surface area contributed by atoms with E-state index in [1.165, 1.54) is 12.8 Å². The summed E-state index contributed by atoms with van der Waals surface area (Å²) < 4.78 is 15.1. The van der Waals surface area contributed by atoms with Crippen LogP contribution in [0.3, 0.4) is 0 Å². The fraction of sp³-hybridized carbons (Fsp3) is 0.545. The summed E-state index contributed by atoms with van der Waals surface area (Å²) in [6, 6.07) is 2.35. The number of aromatic nitrogens is 3. The Kier molecular flexibility index (Phi) is 3.07. The molecule has 0 amide bonds. The molecule has 0 spiro atoms. The van der Waals surface area contributed by atoms with Gasteiger partial charge in [0.1, 0.15) is 6.61 Å². The molecule has 0 aromatic carbocycles. The molecule has 2 aromatic heterocycles. The normalized spacial score (nSPS) is 15.2. The van der Waals surface area contributed by atoms with E-state index in [2.05, 4.69) is 20.6 Å². The molecule has 96 valence electrons. The van der Waals surface area contributed by atoms with Gasteiger partial charge in [0.05, 0.1) is 6.54 Å². The molecule has 18 heavy (non-hydrogen) atoms. The third kappa shape index (κ3) is 2.57. The number of rotatable bonds is 6. The van der Waals surface area contributed by atoms with Gasteiger partial charge in [0.2, 0.25) is 0 Å². The van der Waals surface area contributed by atoms with Crippen molar-refractivity contribution in [2.45, 2.75) is 32.0 Å². The maximum atomic E-state index is 5.13. The number of nitrogens with one attached hydrogen (secondary N) is 1. The van der Waals surface area contributed by atoms with Gasteiger partial charge in [-0.25, -0.2) is 0 Å². The summed E-state index contributed by atoms with van der Waals surface area (Å²) in [7, 11) is 1.59. The van der Waals surface area contributed by atoms with Gasteiger partial charge in [-0.15, -0.1) is 0 Å². The Morgan fingerprint density at radius 3 is 3.06 bits per heavy atom. The fourth-order valence-electron chi connectivity index (χ4n) is 1.58. The lowest BCUT2D eigenvalue weighted by Gasteiger charge is -1.94. The van der Waals surface area contributed by atoms with Crippen LogP contribution in [0.25, 0.3) is 11.6 Å². The van der Waals surface area contributed by atoms with E-state index < -0.39 is 0 Å². The van der Waals surface area contributed by atoms with Crippen LogP contribution in [0.4, 0.5) is 0 Å². The van der Waals surface area contributed by atoms with E-state index in [4.69, 9.17) is 13.8 Å². The summed E-state index contributed by atoms with van der Waals surface area (Å²) in [5.74, 6) is 1.63. The summed E-state index contributed by atoms with van der Waals surface area (Å²) in [5, 5.41) is 11.1. The van der Waals surface area contributed by atoms with Gasteiger partial charge in [0, 0.05) is 19.2 Å². The number of ether oxygens (including phenoxy) is 1. The first-order valence-electron chi connectivity index (χ1n) is 5.86. The van der Waals surface area contributed by atoms with Gasteiger partial charge >= 0.3 is 0 Å². The Balaban J connectivity index is 1.66. The summed E-state index contributed by atoms with van der Waals surface area (Å²) in [4.78, 5) is 4.25. The first-order valence-corrected chi connectivity index (χ1v) is 5.86. The monoisotopic (exact) mass is 250 g/mol. The molecule has 0 radical (unpaired) electrons. The van der Waals surface area contributed by atoms with Crippen LogP contribution in [0.15, 0.2) is 15.1 Å². The van der Waals surface area contributed by atoms with Gasteiger partial charge in [0.15, 0.2) is 17.3 Å². The quantitative estimate of drug-likeness (QED) is 0.822. The average molecular weight is 250 g/mol. The summed E-state index contributed by atoms with van der Waals surface area (Å²) in [5.41, 5.74) is 0.534. The second kappa shape index (κ2) is 4.87. The number of nitrogens with zero attached hydrogens (tertiary/aromatic N) is 3. The van der Waals surface area contributed by atoms with Crippen LogP contribution in [0.1, 0.15) is 24.4 Å². The van der Waals surface area contributed by atoms with E-state index in [9.17, 15) is 0 Å². The maximum Gasteiger partial charge on any atom is 0.280 e. The predicted molar refractivity (Wildman–Crippen MR) is 60.4 cm³/mol. The molecule has 0 atom stereocenters. The molecule has 0 aliphatic heterocycles. The number of hydrogen-bond donors (Lipinski definition) is 1. The average Bonchev–Trinajstić information content (AvgIpc) is 2.90. The van der Waals surface area contributed by atoms with Gasteiger partial charge in [-0.05, 0) is 12.8 Å². The molecule has 3 rings (SSSR count). The highest BCUT2D eigenvalue weighted by atomic mass is 16.5. The van der Waals surface area contributed by atoms with E-state index in [1.807, 2.05) is 0 Å². The highest BCUT2D eigenvalue weighted by Crippen LogP contribution is 2.20. The van der Waals surface area contributed by atoms with Crippen molar-refractivity contribution in [1.29, 1.82) is 0 Å². The molecule has 1 aliphatic rings. The molecule has 1 saturated carbocycles. The standard InChI is InChI=1S/C11H14N4O3/c1-16-6-8-4-9(14-17-8)11-13-10(15-18-11)5-12-7-2-3-7/h4,7,12H,2-3,5-6H2,1H3. The van der Waals surface area contributed by atoms with Gasteiger partial charge in [-0.3, -0.25) is 0 Å². The van der Waals surface area contributed by atoms with Crippen LogP contribution < -0.4 is 5.32 Å². The molecule has 1 fully saturated rings. The fourth-order valence-corrected chi connectivity index (χ4v) is 1.58. The van der Waals surface area contributed by atoms with Crippen LogP contribution in [0, 0.1) is 0 Å². The molecule has 1 aliphatic carbocycles. The Morgan fingerprint density at radius 1 is 1.39 bits per heavy atom. The van der Waals surface area contributed by atoms with Gasteiger partial charge < -0.3 is 19.1 Å². The zero-order chi connectivity index (χ0) is 12.4. The van der Waals surface area contributed by atoms with Crippen LogP contribution in [-0.4, -0.2) is 28.4 Å². The van der Waals surface area contributed by atoms with E-state index >= 15 is 0 Å². The molecular weight excluding hydrogens is 236 g/mol. The number of methoxy groups -OCH3 is 1. The van der Waals surface area contributed by atoms with Crippen molar-refractivity contribution in [3.63, 3.8) is 0 Å². The predicted octanol–water partition coefficient (Wildman–Crippen LogP) is 1.12. The van der Waals surface area contributed by atoms with Crippen molar-refractivity contribution in [2.24, 2.45) is 0 Å². The van der Waals surface area contributed by atoms with Gasteiger partial charge in [-0.2, -0.15) is 4.98 Å².